The predicted molar refractivity (Wildman–Crippen MR) is 99.9 cm³/mol. The van der Waals surface area contributed by atoms with Gasteiger partial charge in [0.05, 0.1) is 13.7 Å². The largest absolute Gasteiger partial charge is 0.497 e. The van der Waals surface area contributed by atoms with Crippen LogP contribution in [0, 0.1) is 0 Å². The summed E-state index contributed by atoms with van der Waals surface area (Å²) in [5, 5.41) is 7.33. The normalized spacial score (nSPS) is 11.4. The Morgan fingerprint density at radius 1 is 1.29 bits per heavy atom. The lowest BCUT2D eigenvalue weighted by molar-refractivity contribution is 0.414. The van der Waals surface area contributed by atoms with E-state index in [4.69, 9.17) is 16.3 Å². The number of hydrogen-bond acceptors (Lipinski definition) is 2. The first kappa shape index (κ1) is 18.2. The fourth-order valence-electron chi connectivity index (χ4n) is 2.34. The molecule has 2 rings (SSSR count). The van der Waals surface area contributed by atoms with E-state index in [-0.39, 0.29) is 0 Å². The van der Waals surface area contributed by atoms with Crippen LogP contribution in [0.4, 0.5) is 0 Å². The van der Waals surface area contributed by atoms with E-state index in [1.807, 2.05) is 36.0 Å². The summed E-state index contributed by atoms with van der Waals surface area (Å²) in [4.78, 5) is 4.61. The van der Waals surface area contributed by atoms with Gasteiger partial charge < -0.3 is 19.9 Å². The number of halogens is 1. The highest BCUT2D eigenvalue weighted by Gasteiger charge is 2.04. The fraction of sp³-hybridized carbons (Fsp3) is 0.389. The van der Waals surface area contributed by atoms with Crippen molar-refractivity contribution in [3.05, 3.63) is 52.8 Å². The van der Waals surface area contributed by atoms with E-state index in [0.29, 0.717) is 6.54 Å². The third kappa shape index (κ3) is 5.49. The van der Waals surface area contributed by atoms with E-state index in [1.165, 1.54) is 5.56 Å². The van der Waals surface area contributed by atoms with Crippen molar-refractivity contribution in [2.24, 2.45) is 12.0 Å². The SMILES string of the molecule is CCNC(=NCc1ccn(C)c1)NCCc1ccc(OC)cc1Cl. The molecule has 0 aliphatic heterocycles. The Bertz CT molecular complexity index is 681. The highest BCUT2D eigenvalue weighted by atomic mass is 35.5. The number of methoxy groups -OCH3 is 1. The number of aryl methyl sites for hydroxylation is 1. The van der Waals surface area contributed by atoms with Crippen LogP contribution in [0.15, 0.2) is 41.7 Å². The van der Waals surface area contributed by atoms with Crippen molar-refractivity contribution in [1.82, 2.24) is 15.2 Å². The first-order valence-electron chi connectivity index (χ1n) is 8.07. The smallest absolute Gasteiger partial charge is 0.191 e. The van der Waals surface area contributed by atoms with Gasteiger partial charge in [-0.2, -0.15) is 0 Å². The van der Waals surface area contributed by atoms with Gasteiger partial charge in [0, 0.05) is 37.6 Å². The maximum Gasteiger partial charge on any atom is 0.191 e. The molecule has 0 aliphatic rings. The highest BCUT2D eigenvalue weighted by molar-refractivity contribution is 6.31. The van der Waals surface area contributed by atoms with Gasteiger partial charge in [-0.1, -0.05) is 17.7 Å². The number of hydrogen-bond donors (Lipinski definition) is 2. The highest BCUT2D eigenvalue weighted by Crippen LogP contribution is 2.22. The molecule has 1 aromatic carbocycles. The summed E-state index contributed by atoms with van der Waals surface area (Å²) >= 11 is 6.27. The lowest BCUT2D eigenvalue weighted by Gasteiger charge is -2.12. The summed E-state index contributed by atoms with van der Waals surface area (Å²) in [5.74, 6) is 1.58. The molecule has 130 valence electrons. The first-order chi connectivity index (χ1) is 11.6. The van der Waals surface area contributed by atoms with Gasteiger partial charge in [-0.15, -0.1) is 0 Å². The zero-order chi connectivity index (χ0) is 17.4. The number of rotatable bonds is 7. The summed E-state index contributed by atoms with van der Waals surface area (Å²) in [7, 11) is 3.65. The number of guanidine groups is 1. The van der Waals surface area contributed by atoms with E-state index in [1.54, 1.807) is 7.11 Å². The Balaban J connectivity index is 1.89. The quantitative estimate of drug-likeness (QED) is 0.597. The van der Waals surface area contributed by atoms with Gasteiger partial charge in [-0.25, -0.2) is 4.99 Å². The topological polar surface area (TPSA) is 50.6 Å². The summed E-state index contributed by atoms with van der Waals surface area (Å²) in [5.41, 5.74) is 2.27. The molecule has 1 heterocycles. The maximum atomic E-state index is 6.27. The monoisotopic (exact) mass is 348 g/mol. The molecule has 0 bridgehead atoms. The fourth-order valence-corrected chi connectivity index (χ4v) is 2.60. The molecule has 0 fully saturated rings. The molecule has 0 amide bonds. The van der Waals surface area contributed by atoms with Crippen LogP contribution >= 0.6 is 11.6 Å². The minimum Gasteiger partial charge on any atom is -0.497 e. The van der Waals surface area contributed by atoms with Gasteiger partial charge in [-0.05, 0) is 42.7 Å². The number of aliphatic imine (C=N–C) groups is 1. The van der Waals surface area contributed by atoms with Crippen LogP contribution in [-0.2, 0) is 20.0 Å². The van der Waals surface area contributed by atoms with Crippen molar-refractivity contribution in [2.75, 3.05) is 20.2 Å². The van der Waals surface area contributed by atoms with E-state index >= 15 is 0 Å². The van der Waals surface area contributed by atoms with Gasteiger partial charge in [0.25, 0.3) is 0 Å². The van der Waals surface area contributed by atoms with E-state index in [2.05, 4.69) is 34.8 Å². The summed E-state index contributed by atoms with van der Waals surface area (Å²) < 4.78 is 7.19. The number of ether oxygens (including phenoxy) is 1. The third-order valence-corrected chi connectivity index (χ3v) is 3.96. The molecule has 0 atom stereocenters. The van der Waals surface area contributed by atoms with Crippen LogP contribution < -0.4 is 15.4 Å². The Hall–Kier alpha value is -2.14. The molecular weight excluding hydrogens is 324 g/mol. The predicted octanol–water partition coefficient (Wildman–Crippen LogP) is 2.98. The van der Waals surface area contributed by atoms with Crippen LogP contribution in [0.2, 0.25) is 5.02 Å². The van der Waals surface area contributed by atoms with Gasteiger partial charge in [0.2, 0.25) is 0 Å². The molecule has 0 spiro atoms. The van der Waals surface area contributed by atoms with Crippen LogP contribution in [0.5, 0.6) is 5.75 Å². The van der Waals surface area contributed by atoms with E-state index in [9.17, 15) is 0 Å². The molecule has 0 saturated heterocycles. The molecule has 6 heteroatoms. The summed E-state index contributed by atoms with van der Waals surface area (Å²) in [6.45, 7) is 4.29. The molecule has 1 aromatic heterocycles. The van der Waals surface area contributed by atoms with Crippen molar-refractivity contribution < 1.29 is 4.74 Å². The molecule has 0 unspecified atom stereocenters. The zero-order valence-electron chi connectivity index (χ0n) is 14.5. The maximum absolute atomic E-state index is 6.27. The molecule has 2 N–H and O–H groups in total. The second-order valence-corrected chi connectivity index (χ2v) is 5.92. The molecule has 0 radical (unpaired) electrons. The average Bonchev–Trinajstić information content (AvgIpc) is 2.99. The number of nitrogens with zero attached hydrogens (tertiary/aromatic N) is 2. The molecule has 24 heavy (non-hydrogen) atoms. The van der Waals surface area contributed by atoms with Gasteiger partial charge >= 0.3 is 0 Å². The number of benzene rings is 1. The van der Waals surface area contributed by atoms with Crippen LogP contribution in [-0.4, -0.2) is 30.7 Å². The summed E-state index contributed by atoms with van der Waals surface area (Å²) in [6, 6.07) is 7.84. The second kappa shape index (κ2) is 9.23. The zero-order valence-corrected chi connectivity index (χ0v) is 15.2. The first-order valence-corrected chi connectivity index (χ1v) is 8.45. The van der Waals surface area contributed by atoms with Crippen molar-refractivity contribution in [2.45, 2.75) is 19.9 Å². The van der Waals surface area contributed by atoms with Gasteiger partial charge in [0.15, 0.2) is 5.96 Å². The average molecular weight is 349 g/mol. The Kier molecular flexibility index (Phi) is 7.00. The standard InChI is InChI=1S/C18H25ClN4O/c1-4-20-18(22-12-14-8-10-23(2)13-14)21-9-7-15-5-6-16(24-3)11-17(15)19/h5-6,8,10-11,13H,4,7,9,12H2,1-3H3,(H2,20,21,22). The molecule has 2 aromatic rings. The molecule has 0 aliphatic carbocycles. The molecule has 5 nitrogen and oxygen atoms in total. The molecule has 0 saturated carbocycles. The summed E-state index contributed by atoms with van der Waals surface area (Å²) in [6.07, 6.45) is 4.92. The second-order valence-electron chi connectivity index (χ2n) is 5.51. The minimum absolute atomic E-state index is 0.652. The lowest BCUT2D eigenvalue weighted by atomic mass is 10.1. The Morgan fingerprint density at radius 2 is 2.12 bits per heavy atom. The Labute approximate surface area is 148 Å². The van der Waals surface area contributed by atoms with Crippen molar-refractivity contribution in [3.8, 4) is 5.75 Å². The van der Waals surface area contributed by atoms with Crippen LogP contribution in [0.3, 0.4) is 0 Å². The van der Waals surface area contributed by atoms with Gasteiger partial charge in [-0.3, -0.25) is 0 Å². The van der Waals surface area contributed by atoms with Crippen molar-refractivity contribution in [3.63, 3.8) is 0 Å². The van der Waals surface area contributed by atoms with Crippen molar-refractivity contribution in [1.29, 1.82) is 0 Å². The number of aromatic nitrogens is 1. The van der Waals surface area contributed by atoms with Gasteiger partial charge in [0.1, 0.15) is 5.75 Å². The minimum atomic E-state index is 0.652. The molecular formula is C18H25ClN4O. The van der Waals surface area contributed by atoms with E-state index < -0.39 is 0 Å². The number of nitrogens with one attached hydrogen (secondary N) is 2. The van der Waals surface area contributed by atoms with Crippen LogP contribution in [0.25, 0.3) is 0 Å². The lowest BCUT2D eigenvalue weighted by Crippen LogP contribution is -2.38. The Morgan fingerprint density at radius 3 is 2.75 bits per heavy atom. The van der Waals surface area contributed by atoms with E-state index in [0.717, 1.165) is 41.8 Å². The third-order valence-electron chi connectivity index (χ3n) is 3.60. The van der Waals surface area contributed by atoms with Crippen molar-refractivity contribution >= 4 is 17.6 Å². The van der Waals surface area contributed by atoms with Crippen LogP contribution in [0.1, 0.15) is 18.1 Å².